The zero-order chi connectivity index (χ0) is 13.0. The molecule has 100 valence electrons. The van der Waals surface area contributed by atoms with Crippen LogP contribution >= 0.6 is 0 Å². The van der Waals surface area contributed by atoms with Crippen molar-refractivity contribution in [3.05, 3.63) is 24.0 Å². The molecule has 4 heteroatoms. The number of hydrogen-bond donors (Lipinski definition) is 1. The number of anilines is 1. The molecule has 1 saturated heterocycles. The summed E-state index contributed by atoms with van der Waals surface area (Å²) in [6.45, 7) is 6.71. The molecule has 2 rings (SSSR count). The lowest BCUT2D eigenvalue weighted by atomic mass is 10.1. The van der Waals surface area contributed by atoms with Gasteiger partial charge in [-0.15, -0.1) is 0 Å². The normalized spacial score (nSPS) is 21.9. The zero-order valence-corrected chi connectivity index (χ0v) is 11.2. The highest BCUT2D eigenvalue weighted by molar-refractivity contribution is 5.45. The highest BCUT2D eigenvalue weighted by Gasteiger charge is 2.19. The molecule has 0 aromatic carbocycles. The van der Waals surface area contributed by atoms with Gasteiger partial charge in [-0.2, -0.15) is 0 Å². The van der Waals surface area contributed by atoms with E-state index in [1.165, 1.54) is 0 Å². The van der Waals surface area contributed by atoms with Crippen molar-refractivity contribution >= 4 is 5.69 Å². The Hall–Kier alpha value is -1.13. The second-order valence-corrected chi connectivity index (χ2v) is 4.71. The molecule has 0 bridgehead atoms. The Balaban J connectivity index is 2.04. The fourth-order valence-electron chi connectivity index (χ4n) is 2.19. The van der Waals surface area contributed by atoms with Crippen LogP contribution in [0.15, 0.2) is 18.3 Å². The van der Waals surface area contributed by atoms with Gasteiger partial charge in [-0.1, -0.05) is 13.8 Å². The first kappa shape index (κ1) is 13.3. The van der Waals surface area contributed by atoms with Crippen LogP contribution in [0.1, 0.15) is 38.5 Å². The quantitative estimate of drug-likeness (QED) is 0.889. The summed E-state index contributed by atoms with van der Waals surface area (Å²) in [6, 6.07) is 3.96. The van der Waals surface area contributed by atoms with Crippen molar-refractivity contribution in [1.29, 1.82) is 0 Å². The van der Waals surface area contributed by atoms with E-state index in [4.69, 9.17) is 4.74 Å². The number of aliphatic hydroxyl groups is 1. The molecule has 4 nitrogen and oxygen atoms in total. The van der Waals surface area contributed by atoms with Gasteiger partial charge in [-0.3, -0.25) is 4.98 Å². The standard InChI is InChI=1S/C14H22N2O2/c1-3-12-10-16(7-8-18-12)11-5-6-13(15-9-11)14(17)4-2/h5-6,9,12,14,17H,3-4,7-8,10H2,1-2H3/t12?,14-/m1/s1. The molecule has 1 fully saturated rings. The number of pyridine rings is 1. The first-order valence-electron chi connectivity index (χ1n) is 6.75. The van der Waals surface area contributed by atoms with Crippen LogP contribution < -0.4 is 4.90 Å². The Bertz CT molecular complexity index is 367. The van der Waals surface area contributed by atoms with Gasteiger partial charge >= 0.3 is 0 Å². The lowest BCUT2D eigenvalue weighted by Crippen LogP contribution is -2.42. The number of hydrogen-bond acceptors (Lipinski definition) is 4. The van der Waals surface area contributed by atoms with Gasteiger partial charge in [-0.05, 0) is 25.0 Å². The van der Waals surface area contributed by atoms with Gasteiger partial charge in [0.25, 0.3) is 0 Å². The average molecular weight is 250 g/mol. The predicted octanol–water partition coefficient (Wildman–Crippen LogP) is 2.14. The summed E-state index contributed by atoms with van der Waals surface area (Å²) in [4.78, 5) is 6.64. The Labute approximate surface area is 109 Å². The van der Waals surface area contributed by atoms with Crippen LogP contribution in [-0.4, -0.2) is 35.9 Å². The fourth-order valence-corrected chi connectivity index (χ4v) is 2.19. The average Bonchev–Trinajstić information content (AvgIpc) is 2.46. The minimum Gasteiger partial charge on any atom is -0.387 e. The van der Waals surface area contributed by atoms with E-state index in [0.717, 1.165) is 37.5 Å². The van der Waals surface area contributed by atoms with Gasteiger partial charge in [0.1, 0.15) is 0 Å². The molecule has 1 aromatic heterocycles. The summed E-state index contributed by atoms with van der Waals surface area (Å²) in [7, 11) is 0. The van der Waals surface area contributed by atoms with E-state index in [2.05, 4.69) is 16.8 Å². The molecule has 0 aliphatic carbocycles. The third-order valence-corrected chi connectivity index (χ3v) is 3.46. The van der Waals surface area contributed by atoms with Gasteiger partial charge in [0.05, 0.1) is 36.4 Å². The fraction of sp³-hybridized carbons (Fsp3) is 0.643. The molecule has 1 aliphatic rings. The maximum Gasteiger partial charge on any atom is 0.0957 e. The molecule has 0 spiro atoms. The summed E-state index contributed by atoms with van der Waals surface area (Å²) in [6.07, 6.45) is 3.46. The van der Waals surface area contributed by atoms with Gasteiger partial charge in [0.2, 0.25) is 0 Å². The maximum atomic E-state index is 9.71. The molecule has 18 heavy (non-hydrogen) atoms. The lowest BCUT2D eigenvalue weighted by molar-refractivity contribution is 0.0384. The second kappa shape index (κ2) is 6.16. The van der Waals surface area contributed by atoms with Crippen molar-refractivity contribution in [3.8, 4) is 0 Å². The Kier molecular flexibility index (Phi) is 4.55. The summed E-state index contributed by atoms with van der Waals surface area (Å²) in [5.74, 6) is 0. The molecule has 1 N–H and O–H groups in total. The van der Waals surface area contributed by atoms with E-state index in [1.54, 1.807) is 0 Å². The summed E-state index contributed by atoms with van der Waals surface area (Å²) in [5, 5.41) is 9.71. The lowest BCUT2D eigenvalue weighted by Gasteiger charge is -2.34. The highest BCUT2D eigenvalue weighted by atomic mass is 16.5. The van der Waals surface area contributed by atoms with E-state index in [-0.39, 0.29) is 0 Å². The van der Waals surface area contributed by atoms with Gasteiger partial charge in [0.15, 0.2) is 0 Å². The van der Waals surface area contributed by atoms with Crippen LogP contribution in [0.4, 0.5) is 5.69 Å². The Morgan fingerprint density at radius 2 is 2.33 bits per heavy atom. The second-order valence-electron chi connectivity index (χ2n) is 4.71. The van der Waals surface area contributed by atoms with E-state index in [9.17, 15) is 5.11 Å². The van der Waals surface area contributed by atoms with Crippen LogP contribution in [0.2, 0.25) is 0 Å². The highest BCUT2D eigenvalue weighted by Crippen LogP contribution is 2.20. The molecule has 1 unspecified atom stereocenters. The number of ether oxygens (including phenoxy) is 1. The molecule has 2 heterocycles. The van der Waals surface area contributed by atoms with Crippen molar-refractivity contribution in [3.63, 3.8) is 0 Å². The van der Waals surface area contributed by atoms with Crippen molar-refractivity contribution < 1.29 is 9.84 Å². The van der Waals surface area contributed by atoms with Crippen LogP contribution in [0.25, 0.3) is 0 Å². The molecule has 0 radical (unpaired) electrons. The summed E-state index contributed by atoms with van der Waals surface area (Å²) < 4.78 is 5.66. The smallest absolute Gasteiger partial charge is 0.0957 e. The van der Waals surface area contributed by atoms with Crippen LogP contribution in [0, 0.1) is 0 Å². The van der Waals surface area contributed by atoms with Crippen molar-refractivity contribution in [2.45, 2.75) is 38.9 Å². The van der Waals surface area contributed by atoms with E-state index >= 15 is 0 Å². The number of aliphatic hydroxyl groups excluding tert-OH is 1. The Morgan fingerprint density at radius 3 is 2.94 bits per heavy atom. The van der Waals surface area contributed by atoms with Gasteiger partial charge in [-0.25, -0.2) is 0 Å². The van der Waals surface area contributed by atoms with Crippen LogP contribution in [0.5, 0.6) is 0 Å². The molecule has 0 amide bonds. The largest absolute Gasteiger partial charge is 0.387 e. The SMILES string of the molecule is CCC1CN(c2ccc([C@H](O)CC)nc2)CCO1. The first-order chi connectivity index (χ1) is 8.74. The monoisotopic (exact) mass is 250 g/mol. The third-order valence-electron chi connectivity index (χ3n) is 3.46. The van der Waals surface area contributed by atoms with Gasteiger partial charge in [0, 0.05) is 13.1 Å². The number of rotatable bonds is 4. The predicted molar refractivity (Wildman–Crippen MR) is 71.7 cm³/mol. The number of nitrogens with zero attached hydrogens (tertiary/aromatic N) is 2. The molecule has 2 atom stereocenters. The number of morpholine rings is 1. The van der Waals surface area contributed by atoms with Crippen molar-refractivity contribution in [2.24, 2.45) is 0 Å². The van der Waals surface area contributed by atoms with E-state index in [1.807, 2.05) is 25.3 Å². The van der Waals surface area contributed by atoms with E-state index < -0.39 is 6.10 Å². The first-order valence-corrected chi connectivity index (χ1v) is 6.75. The molecule has 1 aromatic rings. The Morgan fingerprint density at radius 1 is 1.50 bits per heavy atom. The van der Waals surface area contributed by atoms with Crippen LogP contribution in [-0.2, 0) is 4.74 Å². The van der Waals surface area contributed by atoms with Crippen molar-refractivity contribution in [1.82, 2.24) is 4.98 Å². The van der Waals surface area contributed by atoms with E-state index in [0.29, 0.717) is 12.5 Å². The minimum absolute atomic E-state index is 0.319. The third kappa shape index (κ3) is 3.00. The number of aromatic nitrogens is 1. The zero-order valence-electron chi connectivity index (χ0n) is 11.2. The summed E-state index contributed by atoms with van der Waals surface area (Å²) in [5.41, 5.74) is 1.87. The molecular formula is C14H22N2O2. The topological polar surface area (TPSA) is 45.6 Å². The van der Waals surface area contributed by atoms with Gasteiger partial charge < -0.3 is 14.7 Å². The molecular weight excluding hydrogens is 228 g/mol. The minimum atomic E-state index is -0.452. The summed E-state index contributed by atoms with van der Waals surface area (Å²) >= 11 is 0. The molecule has 0 saturated carbocycles. The molecule has 1 aliphatic heterocycles. The maximum absolute atomic E-state index is 9.71. The van der Waals surface area contributed by atoms with Crippen molar-refractivity contribution in [2.75, 3.05) is 24.6 Å². The van der Waals surface area contributed by atoms with Crippen LogP contribution in [0.3, 0.4) is 0 Å².